The summed E-state index contributed by atoms with van der Waals surface area (Å²) in [5, 5.41) is 13.2. The second-order valence-electron chi connectivity index (χ2n) is 7.27. The van der Waals surface area contributed by atoms with Crippen molar-refractivity contribution in [2.75, 3.05) is 0 Å². The van der Waals surface area contributed by atoms with E-state index in [0.717, 1.165) is 22.1 Å². The van der Waals surface area contributed by atoms with Crippen LogP contribution in [-0.4, -0.2) is 23.2 Å². The summed E-state index contributed by atoms with van der Waals surface area (Å²) in [6, 6.07) is 23.2. The summed E-state index contributed by atoms with van der Waals surface area (Å²) in [4.78, 5) is 23.7. The first kappa shape index (κ1) is 21.5. The van der Waals surface area contributed by atoms with Crippen LogP contribution in [0, 0.1) is 0 Å². The molecule has 3 aromatic carbocycles. The van der Waals surface area contributed by atoms with Gasteiger partial charge in [0.15, 0.2) is 6.61 Å². The number of ether oxygens (including phenoxy) is 1. The van der Waals surface area contributed by atoms with Crippen LogP contribution in [-0.2, 0) is 22.6 Å². The quantitative estimate of drug-likeness (QED) is 0.379. The number of halogens is 1. The summed E-state index contributed by atoms with van der Waals surface area (Å²) in [7, 11) is 0. The SMILES string of the molecule is O=C(N[C@H](Cc1ccc(Cl)cc1)C(=O)O)OCc1cc2cc(-c3ccccc3)ccc2o1. The molecule has 0 fully saturated rings. The average molecular weight is 450 g/mol. The number of carbonyl (C=O) groups is 2. The molecular formula is C25H20ClNO5. The molecule has 0 radical (unpaired) electrons. The normalized spacial score (nSPS) is 11.8. The van der Waals surface area contributed by atoms with Crippen LogP contribution in [0.15, 0.2) is 83.3 Å². The lowest BCUT2D eigenvalue weighted by Gasteiger charge is -2.14. The number of furan rings is 1. The Hall–Kier alpha value is -3.77. The van der Waals surface area contributed by atoms with E-state index in [9.17, 15) is 14.7 Å². The Kier molecular flexibility index (Phi) is 6.42. The summed E-state index contributed by atoms with van der Waals surface area (Å²) < 4.78 is 10.9. The molecule has 162 valence electrons. The van der Waals surface area contributed by atoms with Gasteiger partial charge in [0.05, 0.1) is 0 Å². The van der Waals surface area contributed by atoms with Gasteiger partial charge < -0.3 is 19.6 Å². The number of amides is 1. The zero-order valence-corrected chi connectivity index (χ0v) is 17.7. The highest BCUT2D eigenvalue weighted by Crippen LogP contribution is 2.27. The first-order valence-corrected chi connectivity index (χ1v) is 10.3. The second kappa shape index (κ2) is 9.58. The van der Waals surface area contributed by atoms with Crippen LogP contribution < -0.4 is 5.32 Å². The zero-order valence-electron chi connectivity index (χ0n) is 17.0. The van der Waals surface area contributed by atoms with Crippen LogP contribution in [0.25, 0.3) is 22.1 Å². The van der Waals surface area contributed by atoms with Gasteiger partial charge in [-0.15, -0.1) is 0 Å². The van der Waals surface area contributed by atoms with Gasteiger partial charge in [0.2, 0.25) is 0 Å². The highest BCUT2D eigenvalue weighted by atomic mass is 35.5. The number of rotatable bonds is 7. The predicted octanol–water partition coefficient (Wildman–Crippen LogP) is 5.68. The molecular weight excluding hydrogens is 430 g/mol. The fourth-order valence-corrected chi connectivity index (χ4v) is 3.48. The standard InChI is InChI=1S/C25H20ClNO5/c26-20-9-6-16(7-10-20)12-22(24(28)29)27-25(30)31-15-21-14-19-13-18(8-11-23(19)32-21)17-4-2-1-3-5-17/h1-11,13-14,22H,12,15H2,(H,27,30)(H,28,29)/t22-/m1/s1. The summed E-state index contributed by atoms with van der Waals surface area (Å²) in [6.45, 7) is -0.117. The van der Waals surface area contributed by atoms with Crippen LogP contribution in [0.1, 0.15) is 11.3 Å². The van der Waals surface area contributed by atoms with Gasteiger partial charge >= 0.3 is 12.1 Å². The Morgan fingerprint density at radius 1 is 0.969 bits per heavy atom. The molecule has 7 heteroatoms. The lowest BCUT2D eigenvalue weighted by Crippen LogP contribution is -2.42. The van der Waals surface area contributed by atoms with Gasteiger partial charge in [0.25, 0.3) is 0 Å². The van der Waals surface area contributed by atoms with Crippen LogP contribution in [0.5, 0.6) is 0 Å². The van der Waals surface area contributed by atoms with Crippen LogP contribution in [0.4, 0.5) is 4.79 Å². The van der Waals surface area contributed by atoms with E-state index >= 15 is 0 Å². The molecule has 0 aliphatic heterocycles. The molecule has 0 unspecified atom stereocenters. The summed E-state index contributed by atoms with van der Waals surface area (Å²) in [5.74, 6) is -0.695. The molecule has 0 saturated carbocycles. The molecule has 0 bridgehead atoms. The molecule has 0 saturated heterocycles. The fraction of sp³-hybridized carbons (Fsp3) is 0.120. The minimum absolute atomic E-state index is 0.106. The van der Waals surface area contributed by atoms with Crippen molar-refractivity contribution in [1.82, 2.24) is 5.32 Å². The third-order valence-electron chi connectivity index (χ3n) is 4.96. The summed E-state index contributed by atoms with van der Waals surface area (Å²) in [5.41, 5.74) is 3.55. The fourth-order valence-electron chi connectivity index (χ4n) is 3.36. The molecule has 32 heavy (non-hydrogen) atoms. The van der Waals surface area contributed by atoms with Crippen LogP contribution in [0.2, 0.25) is 5.02 Å². The zero-order chi connectivity index (χ0) is 22.5. The Bertz CT molecular complexity index is 1230. The number of carbonyl (C=O) groups excluding carboxylic acids is 1. The molecule has 0 spiro atoms. The molecule has 1 amide bonds. The molecule has 2 N–H and O–H groups in total. The van der Waals surface area contributed by atoms with E-state index < -0.39 is 18.1 Å². The van der Waals surface area contributed by atoms with Crippen molar-refractivity contribution in [3.63, 3.8) is 0 Å². The van der Waals surface area contributed by atoms with Crippen LogP contribution in [0.3, 0.4) is 0 Å². The first-order valence-electron chi connectivity index (χ1n) is 9.96. The smallest absolute Gasteiger partial charge is 0.408 e. The summed E-state index contributed by atoms with van der Waals surface area (Å²) >= 11 is 5.85. The number of carboxylic acid groups (broad SMARTS) is 1. The van der Waals surface area contributed by atoms with Gasteiger partial charge in [-0.05, 0) is 47.0 Å². The van der Waals surface area contributed by atoms with E-state index in [0.29, 0.717) is 16.4 Å². The topological polar surface area (TPSA) is 88.8 Å². The molecule has 0 aliphatic carbocycles. The highest BCUT2D eigenvalue weighted by Gasteiger charge is 2.21. The van der Waals surface area contributed by atoms with E-state index in [4.69, 9.17) is 20.8 Å². The molecule has 6 nitrogen and oxygen atoms in total. The number of nitrogens with one attached hydrogen (secondary N) is 1. The van der Waals surface area contributed by atoms with Gasteiger partial charge in [-0.2, -0.15) is 0 Å². The molecule has 1 aromatic heterocycles. The van der Waals surface area contributed by atoms with Gasteiger partial charge in [-0.25, -0.2) is 9.59 Å². The summed E-state index contributed by atoms with van der Waals surface area (Å²) in [6.07, 6.45) is -0.731. The van der Waals surface area contributed by atoms with E-state index in [1.165, 1.54) is 0 Å². The number of carboxylic acids is 1. The van der Waals surface area contributed by atoms with Crippen molar-refractivity contribution in [2.45, 2.75) is 19.1 Å². The maximum absolute atomic E-state index is 12.2. The van der Waals surface area contributed by atoms with E-state index in [2.05, 4.69) is 5.32 Å². The number of benzene rings is 3. The lowest BCUT2D eigenvalue weighted by molar-refractivity contribution is -0.139. The Morgan fingerprint density at radius 2 is 1.72 bits per heavy atom. The number of aliphatic carboxylic acids is 1. The number of fused-ring (bicyclic) bond motifs is 1. The van der Waals surface area contributed by atoms with Gasteiger partial charge in [0.1, 0.15) is 17.4 Å². The molecule has 1 heterocycles. The third-order valence-corrected chi connectivity index (χ3v) is 5.22. The molecule has 4 aromatic rings. The molecule has 0 aliphatic rings. The highest BCUT2D eigenvalue weighted by molar-refractivity contribution is 6.30. The van der Waals surface area contributed by atoms with Crippen LogP contribution >= 0.6 is 11.6 Å². The van der Waals surface area contributed by atoms with E-state index in [-0.39, 0.29) is 13.0 Å². The molecule has 1 atom stereocenters. The van der Waals surface area contributed by atoms with Crippen molar-refractivity contribution in [2.24, 2.45) is 0 Å². The predicted molar refractivity (Wildman–Crippen MR) is 122 cm³/mol. The largest absolute Gasteiger partial charge is 0.480 e. The van der Waals surface area contributed by atoms with Gasteiger partial charge in [-0.1, -0.05) is 60.1 Å². The number of hydrogen-bond donors (Lipinski definition) is 2. The van der Waals surface area contributed by atoms with Crippen molar-refractivity contribution >= 4 is 34.6 Å². The third kappa shape index (κ3) is 5.28. The van der Waals surface area contributed by atoms with Crippen molar-refractivity contribution in [3.8, 4) is 11.1 Å². The second-order valence-corrected chi connectivity index (χ2v) is 7.71. The average Bonchev–Trinajstić information content (AvgIpc) is 3.21. The van der Waals surface area contributed by atoms with E-state index in [1.54, 1.807) is 30.3 Å². The number of alkyl carbamates (subject to hydrolysis) is 1. The minimum atomic E-state index is -1.16. The minimum Gasteiger partial charge on any atom is -0.480 e. The van der Waals surface area contributed by atoms with Gasteiger partial charge in [-0.3, -0.25) is 0 Å². The maximum atomic E-state index is 12.2. The molecule has 4 rings (SSSR count). The maximum Gasteiger partial charge on any atom is 0.408 e. The van der Waals surface area contributed by atoms with E-state index in [1.807, 2.05) is 48.5 Å². The Labute approximate surface area is 189 Å². The Balaban J connectivity index is 1.38. The number of hydrogen-bond acceptors (Lipinski definition) is 4. The lowest BCUT2D eigenvalue weighted by atomic mass is 10.0. The first-order chi connectivity index (χ1) is 15.5. The monoisotopic (exact) mass is 449 g/mol. The van der Waals surface area contributed by atoms with Crippen molar-refractivity contribution in [3.05, 3.63) is 95.2 Å². The van der Waals surface area contributed by atoms with Gasteiger partial charge in [0, 0.05) is 16.8 Å². The van der Waals surface area contributed by atoms with Crippen molar-refractivity contribution < 1.29 is 23.8 Å². The Morgan fingerprint density at radius 3 is 2.44 bits per heavy atom. The van der Waals surface area contributed by atoms with Crippen molar-refractivity contribution in [1.29, 1.82) is 0 Å².